The highest BCUT2D eigenvalue weighted by Gasteiger charge is 2.24. The molecule has 0 aliphatic heterocycles. The maximum Gasteiger partial charge on any atom is 0.338 e. The molecule has 0 aliphatic rings. The highest BCUT2D eigenvalue weighted by atomic mass is 32.2. The standard InChI is InChI=1S/C26H28N2O6S/c1-6-15-28-18(2)16-22(19(28)3)24(29)17-34-26(30)20-11-13-21(14-12-20)35(31,32)27(4)23-9-7-8-10-25(23)33-5/h6-14,16H,1,15,17H2,2-5H3. The van der Waals surface area contributed by atoms with E-state index in [1.807, 2.05) is 18.4 Å². The van der Waals surface area contributed by atoms with Crippen molar-refractivity contribution in [2.45, 2.75) is 25.3 Å². The number of anilines is 1. The van der Waals surface area contributed by atoms with Crippen molar-refractivity contribution in [3.63, 3.8) is 0 Å². The lowest BCUT2D eigenvalue weighted by molar-refractivity contribution is 0.0474. The number of sulfonamides is 1. The summed E-state index contributed by atoms with van der Waals surface area (Å²) >= 11 is 0. The van der Waals surface area contributed by atoms with Crippen molar-refractivity contribution in [1.29, 1.82) is 0 Å². The molecule has 3 aromatic rings. The van der Waals surface area contributed by atoms with Gasteiger partial charge in [-0.15, -0.1) is 6.58 Å². The Morgan fingerprint density at radius 2 is 1.74 bits per heavy atom. The van der Waals surface area contributed by atoms with Gasteiger partial charge in [-0.25, -0.2) is 13.2 Å². The minimum atomic E-state index is -3.90. The van der Waals surface area contributed by atoms with Crippen LogP contribution in [0, 0.1) is 13.8 Å². The second-order valence-electron chi connectivity index (χ2n) is 7.85. The van der Waals surface area contributed by atoms with Crippen molar-refractivity contribution >= 4 is 27.5 Å². The molecular weight excluding hydrogens is 468 g/mol. The van der Waals surface area contributed by atoms with Crippen LogP contribution in [-0.4, -0.2) is 45.5 Å². The monoisotopic (exact) mass is 496 g/mol. The van der Waals surface area contributed by atoms with Gasteiger partial charge in [0.25, 0.3) is 10.0 Å². The van der Waals surface area contributed by atoms with Gasteiger partial charge in [-0.05, 0) is 56.3 Å². The van der Waals surface area contributed by atoms with Crippen LogP contribution in [0.4, 0.5) is 5.69 Å². The summed E-state index contributed by atoms with van der Waals surface area (Å²) in [6.07, 6.45) is 1.74. The third-order valence-corrected chi connectivity index (χ3v) is 7.48. The van der Waals surface area contributed by atoms with Crippen molar-refractivity contribution in [2.24, 2.45) is 0 Å². The second-order valence-corrected chi connectivity index (χ2v) is 9.82. The van der Waals surface area contributed by atoms with Gasteiger partial charge in [0.2, 0.25) is 5.78 Å². The fraction of sp³-hybridized carbons (Fsp3) is 0.231. The zero-order chi connectivity index (χ0) is 25.8. The van der Waals surface area contributed by atoms with Gasteiger partial charge in [-0.2, -0.15) is 0 Å². The van der Waals surface area contributed by atoms with Gasteiger partial charge < -0.3 is 14.0 Å². The molecule has 0 amide bonds. The van der Waals surface area contributed by atoms with E-state index in [4.69, 9.17) is 9.47 Å². The lowest BCUT2D eigenvalue weighted by Gasteiger charge is -2.21. The van der Waals surface area contributed by atoms with Gasteiger partial charge in [-0.3, -0.25) is 9.10 Å². The topological polar surface area (TPSA) is 94.9 Å². The Labute approximate surface area is 205 Å². The van der Waals surface area contributed by atoms with Gasteiger partial charge in [0.1, 0.15) is 5.75 Å². The molecule has 0 radical (unpaired) electrons. The van der Waals surface area contributed by atoms with Crippen LogP contribution in [0.15, 0.2) is 72.1 Å². The highest BCUT2D eigenvalue weighted by molar-refractivity contribution is 7.92. The molecule has 0 saturated heterocycles. The molecule has 3 rings (SSSR count). The Morgan fingerprint density at radius 3 is 2.37 bits per heavy atom. The summed E-state index contributed by atoms with van der Waals surface area (Å²) in [4.78, 5) is 25.1. The maximum atomic E-state index is 13.1. The third-order valence-electron chi connectivity index (χ3n) is 5.69. The van der Waals surface area contributed by atoms with E-state index in [2.05, 4.69) is 6.58 Å². The fourth-order valence-electron chi connectivity index (χ4n) is 3.73. The summed E-state index contributed by atoms with van der Waals surface area (Å²) in [7, 11) is -1.02. The first-order chi connectivity index (χ1) is 16.6. The van der Waals surface area contributed by atoms with E-state index >= 15 is 0 Å². The molecule has 1 aromatic heterocycles. The quantitative estimate of drug-likeness (QED) is 0.238. The average molecular weight is 497 g/mol. The highest BCUT2D eigenvalue weighted by Crippen LogP contribution is 2.31. The molecule has 0 aliphatic carbocycles. The molecular formula is C26H28N2O6S. The fourth-order valence-corrected chi connectivity index (χ4v) is 4.93. The molecule has 0 atom stereocenters. The molecule has 0 saturated carbocycles. The summed E-state index contributed by atoms with van der Waals surface area (Å²) in [5, 5.41) is 0. The Morgan fingerprint density at radius 1 is 1.09 bits per heavy atom. The van der Waals surface area contributed by atoms with Crippen molar-refractivity contribution in [3.05, 3.63) is 89.8 Å². The first-order valence-corrected chi connectivity index (χ1v) is 12.3. The van der Waals surface area contributed by atoms with Crippen LogP contribution < -0.4 is 9.04 Å². The minimum Gasteiger partial charge on any atom is -0.495 e. The Hall–Kier alpha value is -3.85. The van der Waals surface area contributed by atoms with E-state index in [0.717, 1.165) is 15.7 Å². The Kier molecular flexibility index (Phi) is 7.81. The number of aryl methyl sites for hydroxylation is 1. The molecule has 0 unspecified atom stereocenters. The third kappa shape index (κ3) is 5.30. The number of hydrogen-bond donors (Lipinski definition) is 0. The smallest absolute Gasteiger partial charge is 0.338 e. The van der Waals surface area contributed by atoms with E-state index in [0.29, 0.717) is 23.5 Å². The predicted molar refractivity (Wildman–Crippen MR) is 134 cm³/mol. The average Bonchev–Trinajstić information content (AvgIpc) is 3.15. The molecule has 184 valence electrons. The Balaban J connectivity index is 1.71. The zero-order valence-electron chi connectivity index (χ0n) is 20.1. The summed E-state index contributed by atoms with van der Waals surface area (Å²) in [6.45, 7) is 7.59. The molecule has 8 nitrogen and oxygen atoms in total. The van der Waals surface area contributed by atoms with Crippen molar-refractivity contribution in [1.82, 2.24) is 4.57 Å². The number of ether oxygens (including phenoxy) is 2. The van der Waals surface area contributed by atoms with Crippen molar-refractivity contribution in [2.75, 3.05) is 25.1 Å². The number of methoxy groups -OCH3 is 1. The first-order valence-electron chi connectivity index (χ1n) is 10.8. The zero-order valence-corrected chi connectivity index (χ0v) is 21.0. The van der Waals surface area contributed by atoms with Crippen LogP contribution in [0.2, 0.25) is 0 Å². The molecule has 2 aromatic carbocycles. The maximum absolute atomic E-state index is 13.1. The van der Waals surface area contributed by atoms with Crippen molar-refractivity contribution in [3.8, 4) is 5.75 Å². The minimum absolute atomic E-state index is 0.00630. The van der Waals surface area contributed by atoms with Crippen LogP contribution >= 0.6 is 0 Å². The van der Waals surface area contributed by atoms with Crippen LogP contribution in [-0.2, 0) is 21.3 Å². The van der Waals surface area contributed by atoms with Gasteiger partial charge >= 0.3 is 5.97 Å². The van der Waals surface area contributed by atoms with Crippen LogP contribution in [0.25, 0.3) is 0 Å². The number of Topliss-reactive ketones (excluding diaryl/α,β-unsaturated/α-hetero) is 1. The number of hydrogen-bond acceptors (Lipinski definition) is 6. The van der Waals surface area contributed by atoms with Gasteiger partial charge in [0, 0.05) is 30.5 Å². The number of aromatic nitrogens is 1. The summed E-state index contributed by atoms with van der Waals surface area (Å²) < 4.78 is 39.6. The summed E-state index contributed by atoms with van der Waals surface area (Å²) in [5.74, 6) is -0.631. The number of nitrogens with zero attached hydrogens (tertiary/aromatic N) is 2. The lowest BCUT2D eigenvalue weighted by atomic mass is 10.1. The van der Waals surface area contributed by atoms with E-state index in [9.17, 15) is 18.0 Å². The molecule has 35 heavy (non-hydrogen) atoms. The van der Waals surface area contributed by atoms with E-state index in [1.165, 1.54) is 38.4 Å². The molecule has 9 heteroatoms. The number of benzene rings is 2. The molecule has 1 heterocycles. The molecule has 0 bridgehead atoms. The summed E-state index contributed by atoms with van der Waals surface area (Å²) in [5.41, 5.74) is 2.68. The SMILES string of the molecule is C=CCn1c(C)cc(C(=O)COC(=O)c2ccc(S(=O)(=O)N(C)c3ccccc3OC)cc2)c1C. The number of rotatable bonds is 10. The first kappa shape index (κ1) is 25.8. The normalized spacial score (nSPS) is 11.1. The van der Waals surface area contributed by atoms with E-state index < -0.39 is 22.6 Å². The van der Waals surface area contributed by atoms with E-state index in [1.54, 1.807) is 36.4 Å². The van der Waals surface area contributed by atoms with E-state index in [-0.39, 0.29) is 16.2 Å². The number of allylic oxidation sites excluding steroid dienone is 1. The summed E-state index contributed by atoms with van der Waals surface area (Å²) in [6, 6.07) is 13.9. The number of para-hydroxylation sites is 2. The second kappa shape index (κ2) is 10.6. The van der Waals surface area contributed by atoms with Gasteiger partial charge in [0.15, 0.2) is 6.61 Å². The number of esters is 1. The predicted octanol–water partition coefficient (Wildman–Crippen LogP) is 4.16. The lowest BCUT2D eigenvalue weighted by Crippen LogP contribution is -2.27. The molecule has 0 fully saturated rings. The van der Waals surface area contributed by atoms with Crippen LogP contribution in [0.1, 0.15) is 32.1 Å². The molecule has 0 spiro atoms. The van der Waals surface area contributed by atoms with Crippen LogP contribution in [0.5, 0.6) is 5.75 Å². The number of carbonyl (C=O) groups excluding carboxylic acids is 2. The number of ketones is 1. The largest absolute Gasteiger partial charge is 0.495 e. The van der Waals surface area contributed by atoms with Gasteiger partial charge in [0.05, 0.1) is 23.3 Å². The van der Waals surface area contributed by atoms with Crippen LogP contribution in [0.3, 0.4) is 0 Å². The van der Waals surface area contributed by atoms with Crippen molar-refractivity contribution < 1.29 is 27.5 Å². The Bertz CT molecular complexity index is 1360. The number of carbonyl (C=O) groups is 2. The van der Waals surface area contributed by atoms with Gasteiger partial charge in [-0.1, -0.05) is 18.2 Å². The molecule has 0 N–H and O–H groups in total.